The molecule has 0 amide bonds. The highest BCUT2D eigenvalue weighted by Gasteiger charge is 2.07. The maximum absolute atomic E-state index is 10.2. The zero-order valence-corrected chi connectivity index (χ0v) is 21.4. The van der Waals surface area contributed by atoms with Gasteiger partial charge in [0.15, 0.2) is 0 Å². The molecular weight excluding hydrogens is 468 g/mol. The maximum atomic E-state index is 10.2. The molecule has 0 spiro atoms. The van der Waals surface area contributed by atoms with Crippen LogP contribution in [0.5, 0.6) is 11.5 Å². The fourth-order valence-corrected chi connectivity index (χ4v) is 3.69. The van der Waals surface area contributed by atoms with Gasteiger partial charge in [-0.25, -0.2) is 9.59 Å². The third-order valence-electron chi connectivity index (χ3n) is 5.55. The summed E-state index contributed by atoms with van der Waals surface area (Å²) in [4.78, 5) is 20.4. The molecule has 6 heteroatoms. The largest absolute Gasteiger partial charge is 0.507 e. The van der Waals surface area contributed by atoms with Gasteiger partial charge in [0.25, 0.3) is 0 Å². The van der Waals surface area contributed by atoms with Crippen molar-refractivity contribution in [3.63, 3.8) is 0 Å². The predicted octanol–water partition coefficient (Wildman–Crippen LogP) is 6.69. The first-order valence-electron chi connectivity index (χ1n) is 11.6. The molecule has 0 radical (unpaired) electrons. The van der Waals surface area contributed by atoms with Crippen molar-refractivity contribution in [3.8, 4) is 11.5 Å². The SMILES string of the molecule is Cc1cc(Cc2cc(C)c(O)c(C)c2)cc(C)c1O.O=C(O)c1ccccc1.O=C(O)c1ccccc1. The number of rotatable bonds is 4. The van der Waals surface area contributed by atoms with Crippen LogP contribution < -0.4 is 0 Å². The summed E-state index contributed by atoms with van der Waals surface area (Å²) >= 11 is 0. The van der Waals surface area contributed by atoms with E-state index in [1.54, 1.807) is 60.7 Å². The van der Waals surface area contributed by atoms with Crippen molar-refractivity contribution in [1.29, 1.82) is 0 Å². The molecule has 0 bridgehead atoms. The monoisotopic (exact) mass is 500 g/mol. The highest BCUT2D eigenvalue weighted by molar-refractivity contribution is 5.87. The van der Waals surface area contributed by atoms with Crippen LogP contribution in [0.1, 0.15) is 54.1 Å². The van der Waals surface area contributed by atoms with Gasteiger partial charge in [-0.15, -0.1) is 0 Å². The third-order valence-corrected chi connectivity index (χ3v) is 5.55. The highest BCUT2D eigenvalue weighted by atomic mass is 16.4. The van der Waals surface area contributed by atoms with Crippen LogP contribution in [0.2, 0.25) is 0 Å². The number of hydrogen-bond acceptors (Lipinski definition) is 4. The Kier molecular flexibility index (Phi) is 10.5. The minimum absolute atomic E-state index is 0.331. The number of carboxylic acid groups (broad SMARTS) is 2. The van der Waals surface area contributed by atoms with Gasteiger partial charge in [0.05, 0.1) is 11.1 Å². The van der Waals surface area contributed by atoms with Crippen LogP contribution in [0, 0.1) is 27.7 Å². The number of phenolic OH excluding ortho intramolecular Hbond substituents is 2. The summed E-state index contributed by atoms with van der Waals surface area (Å²) in [6.07, 6.45) is 0.809. The predicted molar refractivity (Wildman–Crippen MR) is 145 cm³/mol. The highest BCUT2D eigenvalue weighted by Crippen LogP contribution is 2.27. The second-order valence-electron chi connectivity index (χ2n) is 8.68. The summed E-state index contributed by atoms with van der Waals surface area (Å²) in [6.45, 7) is 7.66. The maximum Gasteiger partial charge on any atom is 0.335 e. The molecule has 0 aliphatic carbocycles. The van der Waals surface area contributed by atoms with Gasteiger partial charge in [0.2, 0.25) is 0 Å². The quantitative estimate of drug-likeness (QED) is 0.248. The molecule has 37 heavy (non-hydrogen) atoms. The van der Waals surface area contributed by atoms with E-state index in [-0.39, 0.29) is 0 Å². The van der Waals surface area contributed by atoms with E-state index < -0.39 is 11.9 Å². The van der Waals surface area contributed by atoms with Crippen LogP contribution in [0.25, 0.3) is 0 Å². The molecule has 0 atom stereocenters. The van der Waals surface area contributed by atoms with Crippen molar-refractivity contribution in [2.45, 2.75) is 34.1 Å². The van der Waals surface area contributed by atoms with E-state index >= 15 is 0 Å². The standard InChI is InChI=1S/C17H20O2.2C7H6O2/c1-10-5-14(6-11(2)16(10)18)9-15-7-12(3)17(19)13(4)8-15;2*8-7(9)6-4-2-1-3-5-6/h5-8,18-19H,9H2,1-4H3;2*1-5H,(H,8,9). The summed E-state index contributed by atoms with van der Waals surface area (Å²) in [5.74, 6) is -1.00. The number of aromatic carboxylic acids is 2. The second-order valence-corrected chi connectivity index (χ2v) is 8.68. The number of aryl methyl sites for hydroxylation is 4. The van der Waals surface area contributed by atoms with Gasteiger partial charge in [0, 0.05) is 0 Å². The first-order valence-corrected chi connectivity index (χ1v) is 11.6. The molecule has 4 N–H and O–H groups in total. The van der Waals surface area contributed by atoms with Gasteiger partial charge in [-0.3, -0.25) is 0 Å². The number of benzene rings is 4. The molecule has 0 aromatic heterocycles. The Hall–Kier alpha value is -4.58. The fraction of sp³-hybridized carbons (Fsp3) is 0.161. The molecule has 0 heterocycles. The molecule has 0 aliphatic rings. The molecular formula is C31H32O6. The molecule has 4 aromatic carbocycles. The van der Waals surface area contributed by atoms with Crippen molar-refractivity contribution in [2.75, 3.05) is 0 Å². The zero-order valence-electron chi connectivity index (χ0n) is 21.4. The van der Waals surface area contributed by atoms with Crippen LogP contribution in [0.4, 0.5) is 0 Å². The normalized spacial score (nSPS) is 9.84. The lowest BCUT2D eigenvalue weighted by Gasteiger charge is -2.10. The third kappa shape index (κ3) is 8.85. The lowest BCUT2D eigenvalue weighted by atomic mass is 9.97. The van der Waals surface area contributed by atoms with E-state index in [9.17, 15) is 19.8 Å². The lowest BCUT2D eigenvalue weighted by molar-refractivity contribution is 0.0686. The van der Waals surface area contributed by atoms with Gasteiger partial charge in [-0.2, -0.15) is 0 Å². The fourth-order valence-electron chi connectivity index (χ4n) is 3.69. The van der Waals surface area contributed by atoms with Gasteiger partial charge in [0.1, 0.15) is 11.5 Å². The average Bonchev–Trinajstić information content (AvgIpc) is 2.87. The first kappa shape index (κ1) is 28.7. The topological polar surface area (TPSA) is 115 Å². The number of carboxylic acids is 2. The van der Waals surface area contributed by atoms with Gasteiger partial charge < -0.3 is 20.4 Å². The summed E-state index contributed by atoms with van der Waals surface area (Å²) in [6, 6.07) is 24.6. The molecule has 4 rings (SSSR count). The minimum atomic E-state index is -0.879. The average molecular weight is 501 g/mol. The molecule has 0 fully saturated rings. The van der Waals surface area contributed by atoms with Crippen LogP contribution in [0.15, 0.2) is 84.9 Å². The number of aromatic hydroxyl groups is 2. The van der Waals surface area contributed by atoms with Gasteiger partial charge in [-0.05, 0) is 91.8 Å². The first-order chi connectivity index (χ1) is 17.5. The number of hydrogen-bond donors (Lipinski definition) is 4. The van der Waals surface area contributed by atoms with E-state index in [4.69, 9.17) is 10.2 Å². The molecule has 192 valence electrons. The summed E-state index contributed by atoms with van der Waals surface area (Å²) in [5, 5.41) is 36.3. The molecule has 0 saturated carbocycles. The zero-order chi connectivity index (χ0) is 27.5. The van der Waals surface area contributed by atoms with Crippen molar-refractivity contribution in [2.24, 2.45) is 0 Å². The summed E-state index contributed by atoms with van der Waals surface area (Å²) in [7, 11) is 0. The Labute approximate surface area is 217 Å². The van der Waals surface area contributed by atoms with Gasteiger partial charge >= 0.3 is 11.9 Å². The Morgan fingerprint density at radius 2 is 0.811 bits per heavy atom. The molecule has 0 saturated heterocycles. The van der Waals surface area contributed by atoms with Crippen molar-refractivity contribution in [1.82, 2.24) is 0 Å². The molecule has 0 unspecified atom stereocenters. The molecule has 4 aromatic rings. The Balaban J connectivity index is 0.000000222. The van der Waals surface area contributed by atoms with E-state index in [1.165, 1.54) is 11.1 Å². The van der Waals surface area contributed by atoms with Crippen LogP contribution in [0.3, 0.4) is 0 Å². The summed E-state index contributed by atoms with van der Waals surface area (Å²) in [5.41, 5.74) is 6.64. The van der Waals surface area contributed by atoms with Gasteiger partial charge in [-0.1, -0.05) is 60.7 Å². The Morgan fingerprint density at radius 1 is 0.541 bits per heavy atom. The lowest BCUT2D eigenvalue weighted by Crippen LogP contribution is -1.93. The molecule has 6 nitrogen and oxygen atoms in total. The number of phenols is 2. The smallest absolute Gasteiger partial charge is 0.335 e. The van der Waals surface area contributed by atoms with Crippen LogP contribution in [-0.4, -0.2) is 32.4 Å². The molecule has 0 aliphatic heterocycles. The van der Waals surface area contributed by atoms with E-state index in [1.807, 2.05) is 52.0 Å². The number of carbonyl (C=O) groups is 2. The Bertz CT molecular complexity index is 1190. The summed E-state index contributed by atoms with van der Waals surface area (Å²) < 4.78 is 0. The van der Waals surface area contributed by atoms with Crippen molar-refractivity contribution >= 4 is 11.9 Å². The van der Waals surface area contributed by atoms with Crippen molar-refractivity contribution < 1.29 is 30.0 Å². The van der Waals surface area contributed by atoms with Crippen LogP contribution in [-0.2, 0) is 6.42 Å². The van der Waals surface area contributed by atoms with E-state index in [0.717, 1.165) is 28.7 Å². The van der Waals surface area contributed by atoms with E-state index in [2.05, 4.69) is 0 Å². The van der Waals surface area contributed by atoms with Crippen LogP contribution >= 0.6 is 0 Å². The minimum Gasteiger partial charge on any atom is -0.507 e. The van der Waals surface area contributed by atoms with Crippen molar-refractivity contribution in [3.05, 3.63) is 129 Å². The second kappa shape index (κ2) is 13.5. The van der Waals surface area contributed by atoms with E-state index in [0.29, 0.717) is 22.6 Å². The Morgan fingerprint density at radius 3 is 1.03 bits per heavy atom.